The lowest BCUT2D eigenvalue weighted by atomic mass is 10.0. The van der Waals surface area contributed by atoms with Crippen LogP contribution in [0.3, 0.4) is 0 Å². The average molecular weight is 457 g/mol. The quantitative estimate of drug-likeness (QED) is 0.338. The number of nitrogens with zero attached hydrogens (tertiary/aromatic N) is 2. The molecule has 0 aliphatic heterocycles. The number of benzene rings is 1. The van der Waals surface area contributed by atoms with Crippen LogP contribution in [-0.4, -0.2) is 30.2 Å². The normalized spacial score (nSPS) is 14.1. The number of pyridine rings is 1. The van der Waals surface area contributed by atoms with Gasteiger partial charge in [0.2, 0.25) is 11.4 Å². The average Bonchev–Trinajstić information content (AvgIpc) is 3.31. The van der Waals surface area contributed by atoms with Gasteiger partial charge in [-0.2, -0.15) is 0 Å². The highest BCUT2D eigenvalue weighted by molar-refractivity contribution is 7.59. The first-order valence-electron chi connectivity index (χ1n) is 9.69. The van der Waals surface area contributed by atoms with Crippen molar-refractivity contribution in [2.75, 3.05) is 5.32 Å². The number of aromatic hydroxyl groups is 1. The van der Waals surface area contributed by atoms with E-state index in [1.807, 2.05) is 0 Å². The number of fused-ring (bicyclic) bond motifs is 1. The molecule has 1 aliphatic rings. The minimum atomic E-state index is -4.61. The molecule has 1 saturated carbocycles. The predicted octanol–water partition coefficient (Wildman–Crippen LogP) is 3.26. The summed E-state index contributed by atoms with van der Waals surface area (Å²) in [5, 5.41) is 13.2. The van der Waals surface area contributed by atoms with Crippen LogP contribution in [0.2, 0.25) is 0 Å². The molecule has 3 heterocycles. The third kappa shape index (κ3) is 3.69. The van der Waals surface area contributed by atoms with Crippen LogP contribution in [0, 0.1) is 11.7 Å². The molecular formula is C21H17FN3O6P. The zero-order chi connectivity index (χ0) is 22.6. The summed E-state index contributed by atoms with van der Waals surface area (Å²) in [4.78, 5) is 35.0. The van der Waals surface area contributed by atoms with E-state index in [0.29, 0.717) is 17.2 Å². The van der Waals surface area contributed by atoms with Gasteiger partial charge < -0.3 is 24.6 Å². The first-order chi connectivity index (χ1) is 15.2. The predicted molar refractivity (Wildman–Crippen MR) is 113 cm³/mol. The number of imidazole rings is 1. The minimum absolute atomic E-state index is 0.000406. The number of carbonyl (C=O) groups excluding carboxylic acids is 1. The summed E-state index contributed by atoms with van der Waals surface area (Å²) in [6, 6.07) is 9.90. The number of nitrogens with one attached hydrogen (secondary N) is 1. The van der Waals surface area contributed by atoms with E-state index in [4.69, 9.17) is 4.42 Å². The smallest absolute Gasteiger partial charge is 0.391 e. The number of phenolic OH excluding ortho intramolecular Hbond substituents is 1. The van der Waals surface area contributed by atoms with Crippen LogP contribution in [0.5, 0.6) is 5.75 Å². The summed E-state index contributed by atoms with van der Waals surface area (Å²) in [6.45, 7) is 0. The molecular weight excluding hydrogens is 440 g/mol. The number of phenols is 1. The van der Waals surface area contributed by atoms with E-state index in [2.05, 4.69) is 10.3 Å². The van der Waals surface area contributed by atoms with E-state index in [9.17, 15) is 28.6 Å². The summed E-state index contributed by atoms with van der Waals surface area (Å²) >= 11 is 0. The zero-order valence-corrected chi connectivity index (χ0v) is 17.3. The molecule has 1 aromatic carbocycles. The molecule has 1 aliphatic carbocycles. The van der Waals surface area contributed by atoms with Crippen LogP contribution in [0.4, 0.5) is 10.2 Å². The first-order valence-corrected chi connectivity index (χ1v) is 11.3. The molecule has 0 atom stereocenters. The van der Waals surface area contributed by atoms with Gasteiger partial charge in [0.1, 0.15) is 11.4 Å². The summed E-state index contributed by atoms with van der Waals surface area (Å²) in [6.07, 6.45) is 3.27. The molecule has 0 saturated heterocycles. The Morgan fingerprint density at radius 3 is 2.69 bits per heavy atom. The van der Waals surface area contributed by atoms with Gasteiger partial charge in [-0.25, -0.2) is 9.37 Å². The number of furan rings is 1. The van der Waals surface area contributed by atoms with Crippen molar-refractivity contribution in [1.29, 1.82) is 0 Å². The molecule has 0 spiro atoms. The SMILES string of the molecule is O=C(Nc1cn2c(-c3cc(-c4ccc(P(=O)(O)O)o4)cc(F)c3O)cccc2n1)C1CC1. The highest BCUT2D eigenvalue weighted by atomic mass is 31.2. The molecule has 4 aromatic rings. The monoisotopic (exact) mass is 457 g/mol. The highest BCUT2D eigenvalue weighted by Gasteiger charge is 2.30. The number of hydrogen-bond donors (Lipinski definition) is 4. The molecule has 0 unspecified atom stereocenters. The second-order valence-corrected chi connectivity index (χ2v) is 9.09. The Morgan fingerprint density at radius 1 is 1.22 bits per heavy atom. The minimum Gasteiger partial charge on any atom is -0.504 e. The van der Waals surface area contributed by atoms with Gasteiger partial charge in [0.25, 0.3) is 0 Å². The molecule has 9 nitrogen and oxygen atoms in total. The van der Waals surface area contributed by atoms with Crippen LogP contribution in [-0.2, 0) is 9.36 Å². The van der Waals surface area contributed by atoms with E-state index < -0.39 is 24.7 Å². The number of hydrogen-bond acceptors (Lipinski definition) is 5. The third-order valence-electron chi connectivity index (χ3n) is 5.19. The fraction of sp³-hybridized carbons (Fsp3) is 0.143. The van der Waals surface area contributed by atoms with Crippen molar-refractivity contribution in [1.82, 2.24) is 9.38 Å². The lowest BCUT2D eigenvalue weighted by molar-refractivity contribution is -0.117. The Hall–Kier alpha value is -3.46. The lowest BCUT2D eigenvalue weighted by Gasteiger charge is -2.10. The van der Waals surface area contributed by atoms with Crippen molar-refractivity contribution in [3.05, 3.63) is 54.5 Å². The maximum atomic E-state index is 14.6. The standard InChI is InChI=1S/C21H17FN3O6P/c22-14-9-12(16-6-7-19(31-16)32(28,29)30)8-13(20(14)26)15-2-1-3-18-23-17(10-25(15)18)24-21(27)11-4-5-11/h1-3,6-11,26H,4-5H2,(H,24,27)(H2,28,29,30). The Bertz CT molecular complexity index is 1420. The van der Waals surface area contributed by atoms with Gasteiger partial charge in [-0.05, 0) is 49.2 Å². The number of amides is 1. The second-order valence-electron chi connectivity index (χ2n) is 7.57. The van der Waals surface area contributed by atoms with Crippen molar-refractivity contribution in [3.8, 4) is 28.3 Å². The maximum absolute atomic E-state index is 14.6. The fourth-order valence-electron chi connectivity index (χ4n) is 3.44. The number of rotatable bonds is 5. The second kappa shape index (κ2) is 7.30. The summed E-state index contributed by atoms with van der Waals surface area (Å²) in [5.74, 6) is -1.29. The van der Waals surface area contributed by atoms with Gasteiger partial charge in [0, 0.05) is 17.0 Å². The first kappa shape index (κ1) is 20.4. The van der Waals surface area contributed by atoms with E-state index in [0.717, 1.165) is 25.0 Å². The topological polar surface area (TPSA) is 137 Å². The summed E-state index contributed by atoms with van der Waals surface area (Å²) in [5.41, 5.74) is 0.601. The molecule has 1 amide bonds. The van der Waals surface area contributed by atoms with Crippen molar-refractivity contribution < 1.29 is 33.1 Å². The number of halogens is 1. The molecule has 32 heavy (non-hydrogen) atoms. The van der Waals surface area contributed by atoms with Gasteiger partial charge in [-0.1, -0.05) is 6.07 Å². The summed E-state index contributed by atoms with van der Waals surface area (Å²) < 4.78 is 32.8. The Morgan fingerprint density at radius 2 is 2.00 bits per heavy atom. The largest absolute Gasteiger partial charge is 0.504 e. The van der Waals surface area contributed by atoms with E-state index in [-0.39, 0.29) is 28.7 Å². The van der Waals surface area contributed by atoms with Gasteiger partial charge in [0.05, 0.1) is 11.9 Å². The molecule has 5 rings (SSSR count). The molecule has 3 aromatic heterocycles. The molecule has 164 valence electrons. The van der Waals surface area contributed by atoms with E-state index in [1.54, 1.807) is 28.8 Å². The van der Waals surface area contributed by atoms with Crippen molar-refractivity contribution >= 4 is 30.5 Å². The Labute approximate surface area is 180 Å². The zero-order valence-electron chi connectivity index (χ0n) is 16.4. The number of aromatic nitrogens is 2. The van der Waals surface area contributed by atoms with Crippen LogP contribution in [0.1, 0.15) is 12.8 Å². The highest BCUT2D eigenvalue weighted by Crippen LogP contribution is 2.39. The third-order valence-corrected chi connectivity index (χ3v) is 6.01. The maximum Gasteiger partial charge on any atom is 0.391 e. The Balaban J connectivity index is 1.59. The van der Waals surface area contributed by atoms with Crippen molar-refractivity contribution in [2.24, 2.45) is 5.92 Å². The lowest BCUT2D eigenvalue weighted by Crippen LogP contribution is -2.13. The molecule has 0 bridgehead atoms. The van der Waals surface area contributed by atoms with Crippen LogP contribution in [0.15, 0.2) is 53.1 Å². The van der Waals surface area contributed by atoms with E-state index in [1.165, 1.54) is 12.1 Å². The number of carbonyl (C=O) groups is 1. The molecule has 4 N–H and O–H groups in total. The van der Waals surface area contributed by atoms with Crippen LogP contribution < -0.4 is 10.8 Å². The van der Waals surface area contributed by atoms with E-state index >= 15 is 0 Å². The number of anilines is 1. The fourth-order valence-corrected chi connectivity index (χ4v) is 3.93. The van der Waals surface area contributed by atoms with Crippen LogP contribution >= 0.6 is 7.60 Å². The molecule has 1 fully saturated rings. The van der Waals surface area contributed by atoms with Crippen molar-refractivity contribution in [2.45, 2.75) is 12.8 Å². The van der Waals surface area contributed by atoms with Gasteiger partial charge in [0.15, 0.2) is 17.4 Å². The Kier molecular flexibility index (Phi) is 4.67. The van der Waals surface area contributed by atoms with Gasteiger partial charge in [-0.15, -0.1) is 0 Å². The van der Waals surface area contributed by atoms with Crippen molar-refractivity contribution in [3.63, 3.8) is 0 Å². The molecule has 11 heteroatoms. The van der Waals surface area contributed by atoms with Gasteiger partial charge in [-0.3, -0.25) is 13.8 Å². The van der Waals surface area contributed by atoms with Crippen LogP contribution in [0.25, 0.3) is 28.2 Å². The molecule has 0 radical (unpaired) electrons. The summed E-state index contributed by atoms with van der Waals surface area (Å²) in [7, 11) is -4.61. The van der Waals surface area contributed by atoms with Gasteiger partial charge >= 0.3 is 7.60 Å².